The van der Waals surface area contributed by atoms with Crippen LogP contribution in [0.4, 0.5) is 0 Å². The first-order chi connectivity index (χ1) is 10.7. The van der Waals surface area contributed by atoms with Crippen molar-refractivity contribution in [1.82, 2.24) is 4.90 Å². The van der Waals surface area contributed by atoms with Crippen LogP contribution in [0.1, 0.15) is 19.8 Å². The molecule has 0 bridgehead atoms. The second-order valence-electron chi connectivity index (χ2n) is 6.46. The van der Waals surface area contributed by atoms with Gasteiger partial charge in [-0.15, -0.1) is 0 Å². The first-order valence-corrected chi connectivity index (χ1v) is 8.23. The second kappa shape index (κ2) is 7.12. The molecule has 1 aliphatic rings. The highest BCUT2D eigenvalue weighted by Crippen LogP contribution is 2.21. The molecule has 0 aliphatic carbocycles. The lowest BCUT2D eigenvalue weighted by atomic mass is 9.99. The van der Waals surface area contributed by atoms with Crippen molar-refractivity contribution in [1.29, 1.82) is 0 Å². The number of aliphatic hydroxyl groups is 1. The van der Waals surface area contributed by atoms with Crippen molar-refractivity contribution >= 4 is 10.8 Å². The molecule has 1 fully saturated rings. The Labute approximate surface area is 132 Å². The summed E-state index contributed by atoms with van der Waals surface area (Å²) in [6, 6.07) is 14.3. The third-order valence-corrected chi connectivity index (χ3v) is 4.51. The van der Waals surface area contributed by atoms with E-state index in [9.17, 15) is 5.11 Å². The summed E-state index contributed by atoms with van der Waals surface area (Å²) in [5.41, 5.74) is 0. The molecule has 0 aromatic heterocycles. The molecule has 0 spiro atoms. The molecule has 0 amide bonds. The topological polar surface area (TPSA) is 32.7 Å². The van der Waals surface area contributed by atoms with Crippen LogP contribution in [-0.2, 0) is 0 Å². The number of hydrogen-bond acceptors (Lipinski definition) is 3. The fraction of sp³-hybridized carbons (Fsp3) is 0.474. The van der Waals surface area contributed by atoms with Crippen molar-refractivity contribution in [2.45, 2.75) is 25.9 Å². The van der Waals surface area contributed by atoms with E-state index >= 15 is 0 Å². The van der Waals surface area contributed by atoms with E-state index in [2.05, 4.69) is 30.0 Å². The molecule has 1 aliphatic heterocycles. The highest BCUT2D eigenvalue weighted by molar-refractivity contribution is 5.83. The molecular weight excluding hydrogens is 274 g/mol. The van der Waals surface area contributed by atoms with E-state index in [-0.39, 0.29) is 0 Å². The van der Waals surface area contributed by atoms with Crippen LogP contribution in [0, 0.1) is 5.92 Å². The number of benzene rings is 2. The summed E-state index contributed by atoms with van der Waals surface area (Å²) in [5.74, 6) is 1.65. The third-order valence-electron chi connectivity index (χ3n) is 4.51. The van der Waals surface area contributed by atoms with Crippen LogP contribution in [0.15, 0.2) is 42.5 Å². The van der Waals surface area contributed by atoms with Crippen LogP contribution >= 0.6 is 0 Å². The molecule has 0 unspecified atom stereocenters. The Kier molecular flexibility index (Phi) is 4.96. The summed E-state index contributed by atoms with van der Waals surface area (Å²) in [6.45, 7) is 5.55. The van der Waals surface area contributed by atoms with Crippen LogP contribution in [0.5, 0.6) is 5.75 Å². The second-order valence-corrected chi connectivity index (χ2v) is 6.46. The van der Waals surface area contributed by atoms with Crippen molar-refractivity contribution in [2.24, 2.45) is 5.92 Å². The number of piperidine rings is 1. The number of likely N-dealkylation sites (tertiary alicyclic amines) is 1. The largest absolute Gasteiger partial charge is 0.491 e. The van der Waals surface area contributed by atoms with Crippen molar-refractivity contribution in [3.63, 3.8) is 0 Å². The molecule has 2 aromatic rings. The van der Waals surface area contributed by atoms with Gasteiger partial charge in [0.05, 0.1) is 0 Å². The average molecular weight is 299 g/mol. The fourth-order valence-electron chi connectivity index (χ4n) is 3.04. The number of hydrogen-bond donors (Lipinski definition) is 1. The summed E-state index contributed by atoms with van der Waals surface area (Å²) in [5, 5.41) is 12.5. The molecule has 0 radical (unpaired) electrons. The number of aliphatic hydroxyl groups excluding tert-OH is 1. The first-order valence-electron chi connectivity index (χ1n) is 8.23. The quantitative estimate of drug-likeness (QED) is 0.919. The maximum atomic E-state index is 10.2. The smallest absolute Gasteiger partial charge is 0.120 e. The highest BCUT2D eigenvalue weighted by Gasteiger charge is 2.18. The summed E-state index contributed by atoms with van der Waals surface area (Å²) in [7, 11) is 0. The van der Waals surface area contributed by atoms with Crippen LogP contribution in [0.3, 0.4) is 0 Å². The normalized spacial score (nSPS) is 18.5. The van der Waals surface area contributed by atoms with E-state index in [0.717, 1.165) is 24.8 Å². The molecule has 118 valence electrons. The lowest BCUT2D eigenvalue weighted by Gasteiger charge is -2.31. The summed E-state index contributed by atoms with van der Waals surface area (Å²) < 4.78 is 5.76. The maximum Gasteiger partial charge on any atom is 0.120 e. The minimum Gasteiger partial charge on any atom is -0.491 e. The van der Waals surface area contributed by atoms with Gasteiger partial charge in [-0.2, -0.15) is 0 Å². The van der Waals surface area contributed by atoms with E-state index in [1.165, 1.54) is 23.6 Å². The van der Waals surface area contributed by atoms with Crippen LogP contribution in [0.25, 0.3) is 10.8 Å². The van der Waals surface area contributed by atoms with Crippen LogP contribution < -0.4 is 4.74 Å². The molecule has 1 N–H and O–H groups in total. The Balaban J connectivity index is 1.50. The number of rotatable bonds is 5. The summed E-state index contributed by atoms with van der Waals surface area (Å²) in [6.07, 6.45) is 2.04. The molecule has 2 aromatic carbocycles. The monoisotopic (exact) mass is 299 g/mol. The van der Waals surface area contributed by atoms with Gasteiger partial charge in [0.15, 0.2) is 0 Å². The van der Waals surface area contributed by atoms with Gasteiger partial charge in [-0.3, -0.25) is 0 Å². The minimum atomic E-state index is -0.431. The zero-order chi connectivity index (χ0) is 15.4. The number of nitrogens with zero attached hydrogens (tertiary/aromatic N) is 1. The van der Waals surface area contributed by atoms with Crippen molar-refractivity contribution in [3.8, 4) is 5.75 Å². The Morgan fingerprint density at radius 3 is 2.64 bits per heavy atom. The van der Waals surface area contributed by atoms with Gasteiger partial charge in [-0.25, -0.2) is 0 Å². The Bertz CT molecular complexity index is 605. The molecule has 3 nitrogen and oxygen atoms in total. The van der Waals surface area contributed by atoms with Gasteiger partial charge in [-0.1, -0.05) is 37.3 Å². The molecule has 1 saturated heterocycles. The molecule has 3 rings (SSSR count). The number of β-amino-alcohol motifs (C(OH)–C–C–N with tert-alkyl or cyclic N) is 1. The predicted molar refractivity (Wildman–Crippen MR) is 90.3 cm³/mol. The average Bonchev–Trinajstić information content (AvgIpc) is 2.55. The van der Waals surface area contributed by atoms with Crippen molar-refractivity contribution in [2.75, 3.05) is 26.2 Å². The third kappa shape index (κ3) is 3.99. The van der Waals surface area contributed by atoms with E-state index in [1.54, 1.807) is 0 Å². The molecule has 22 heavy (non-hydrogen) atoms. The van der Waals surface area contributed by atoms with Crippen LogP contribution in [0.2, 0.25) is 0 Å². The number of fused-ring (bicyclic) bond motifs is 1. The zero-order valence-electron chi connectivity index (χ0n) is 13.2. The zero-order valence-corrected chi connectivity index (χ0v) is 13.2. The minimum absolute atomic E-state index is 0.352. The van der Waals surface area contributed by atoms with Crippen LogP contribution in [-0.4, -0.2) is 42.4 Å². The van der Waals surface area contributed by atoms with Gasteiger partial charge in [0.25, 0.3) is 0 Å². The molecule has 0 saturated carbocycles. The van der Waals surface area contributed by atoms with Crippen molar-refractivity contribution < 1.29 is 9.84 Å². The summed E-state index contributed by atoms with van der Waals surface area (Å²) >= 11 is 0. The Hall–Kier alpha value is -1.58. The lowest BCUT2D eigenvalue weighted by molar-refractivity contribution is 0.0563. The molecular formula is C19H25NO2. The Morgan fingerprint density at radius 1 is 1.14 bits per heavy atom. The van der Waals surface area contributed by atoms with Gasteiger partial charge in [0.1, 0.15) is 18.5 Å². The number of ether oxygens (including phenoxy) is 1. The summed E-state index contributed by atoms with van der Waals surface area (Å²) in [4.78, 5) is 2.34. The molecule has 3 heteroatoms. The molecule has 1 atom stereocenters. The fourth-order valence-corrected chi connectivity index (χ4v) is 3.04. The van der Waals surface area contributed by atoms with E-state index in [1.807, 2.05) is 24.3 Å². The van der Waals surface area contributed by atoms with E-state index in [0.29, 0.717) is 13.2 Å². The highest BCUT2D eigenvalue weighted by atomic mass is 16.5. The van der Waals surface area contributed by atoms with Gasteiger partial charge < -0.3 is 14.7 Å². The van der Waals surface area contributed by atoms with E-state index in [4.69, 9.17) is 4.74 Å². The van der Waals surface area contributed by atoms with Crippen molar-refractivity contribution in [3.05, 3.63) is 42.5 Å². The SMILES string of the molecule is CC1CCN(C[C@@H](O)COc2ccc3ccccc3c2)CC1. The standard InChI is InChI=1S/C19H25NO2/c1-15-8-10-20(11-9-15)13-18(21)14-22-19-7-6-16-4-2-3-5-17(16)12-19/h2-7,12,15,18,21H,8-11,13-14H2,1H3/t18-/m1/s1. The molecule has 1 heterocycles. The van der Waals surface area contributed by atoms with Gasteiger partial charge >= 0.3 is 0 Å². The first kappa shape index (κ1) is 15.3. The Morgan fingerprint density at radius 2 is 1.86 bits per heavy atom. The van der Waals surface area contributed by atoms with Gasteiger partial charge in [0.2, 0.25) is 0 Å². The maximum absolute atomic E-state index is 10.2. The van der Waals surface area contributed by atoms with E-state index < -0.39 is 6.10 Å². The van der Waals surface area contributed by atoms with Gasteiger partial charge in [0, 0.05) is 6.54 Å². The van der Waals surface area contributed by atoms with Gasteiger partial charge in [-0.05, 0) is 54.8 Å². The lowest BCUT2D eigenvalue weighted by Crippen LogP contribution is -2.40. The predicted octanol–water partition coefficient (Wildman–Crippen LogP) is 3.31.